The van der Waals surface area contributed by atoms with Gasteiger partial charge in [-0.2, -0.15) is 0 Å². The summed E-state index contributed by atoms with van der Waals surface area (Å²) in [5, 5.41) is 25.8. The first-order valence-electron chi connectivity index (χ1n) is 5.33. The van der Waals surface area contributed by atoms with Gasteiger partial charge in [0.05, 0.1) is 13.2 Å². The Morgan fingerprint density at radius 1 is 0.938 bits per heavy atom. The monoisotopic (exact) mass is 233 g/mol. The van der Waals surface area contributed by atoms with Crippen LogP contribution >= 0.6 is 0 Å². The Labute approximate surface area is 94.5 Å². The van der Waals surface area contributed by atoms with Crippen LogP contribution in [-0.4, -0.2) is 58.4 Å². The number of hydrogen-bond acceptors (Lipinski definition) is 4. The van der Waals surface area contributed by atoms with E-state index in [4.69, 9.17) is 15.3 Å². The molecular formula is C10H19NO5. The van der Waals surface area contributed by atoms with Crippen molar-refractivity contribution >= 4 is 11.9 Å². The number of carboxylic acid groups (broad SMARTS) is 1. The summed E-state index contributed by atoms with van der Waals surface area (Å²) in [7, 11) is 0. The van der Waals surface area contributed by atoms with E-state index in [1.54, 1.807) is 0 Å². The van der Waals surface area contributed by atoms with Crippen molar-refractivity contribution in [1.82, 2.24) is 4.90 Å². The van der Waals surface area contributed by atoms with Gasteiger partial charge in [0, 0.05) is 25.9 Å². The second-order valence-electron chi connectivity index (χ2n) is 3.43. The predicted octanol–water partition coefficient (Wildman–Crippen LogP) is -0.555. The van der Waals surface area contributed by atoms with Gasteiger partial charge in [-0.1, -0.05) is 0 Å². The molecule has 0 heterocycles. The van der Waals surface area contributed by atoms with Crippen LogP contribution in [0.2, 0.25) is 0 Å². The van der Waals surface area contributed by atoms with Crippen LogP contribution in [0.1, 0.15) is 25.7 Å². The van der Waals surface area contributed by atoms with Gasteiger partial charge in [0.15, 0.2) is 0 Å². The molecule has 0 aromatic rings. The maximum absolute atomic E-state index is 11.5. The first-order valence-corrected chi connectivity index (χ1v) is 5.33. The lowest BCUT2D eigenvalue weighted by Crippen LogP contribution is -2.35. The fourth-order valence-electron chi connectivity index (χ4n) is 1.31. The summed E-state index contributed by atoms with van der Waals surface area (Å²) >= 11 is 0. The molecule has 3 N–H and O–H groups in total. The molecule has 94 valence electrons. The highest BCUT2D eigenvalue weighted by Gasteiger charge is 2.11. The molecule has 0 fully saturated rings. The maximum atomic E-state index is 11.5. The number of aliphatic carboxylic acids is 1. The molecule has 0 radical (unpaired) electrons. The summed E-state index contributed by atoms with van der Waals surface area (Å²) in [4.78, 5) is 23.1. The largest absolute Gasteiger partial charge is 0.481 e. The van der Waals surface area contributed by atoms with Gasteiger partial charge in [-0.3, -0.25) is 9.59 Å². The topological polar surface area (TPSA) is 98.1 Å². The molecule has 0 spiro atoms. The molecule has 0 aliphatic heterocycles. The minimum Gasteiger partial charge on any atom is -0.481 e. The minimum absolute atomic E-state index is 0.0628. The third-order valence-corrected chi connectivity index (χ3v) is 2.12. The summed E-state index contributed by atoms with van der Waals surface area (Å²) in [5.41, 5.74) is 0. The number of carbonyl (C=O) groups is 2. The predicted molar refractivity (Wildman–Crippen MR) is 56.9 cm³/mol. The molecular weight excluding hydrogens is 214 g/mol. The molecule has 16 heavy (non-hydrogen) atoms. The molecule has 0 saturated heterocycles. The number of amides is 1. The highest BCUT2D eigenvalue weighted by atomic mass is 16.4. The van der Waals surface area contributed by atoms with E-state index < -0.39 is 5.97 Å². The van der Waals surface area contributed by atoms with Gasteiger partial charge < -0.3 is 20.2 Å². The van der Waals surface area contributed by atoms with E-state index in [1.165, 1.54) is 4.90 Å². The lowest BCUT2D eigenvalue weighted by Gasteiger charge is -2.20. The summed E-state index contributed by atoms with van der Waals surface area (Å²) in [5.74, 6) is -1.02. The number of hydrogen-bond donors (Lipinski definition) is 3. The number of aliphatic hydroxyl groups is 2. The van der Waals surface area contributed by atoms with Crippen molar-refractivity contribution in [2.75, 3.05) is 26.3 Å². The molecule has 0 aromatic heterocycles. The molecule has 0 unspecified atom stereocenters. The van der Waals surface area contributed by atoms with Crippen LogP contribution in [0.25, 0.3) is 0 Å². The smallest absolute Gasteiger partial charge is 0.303 e. The van der Waals surface area contributed by atoms with E-state index in [0.717, 1.165) is 0 Å². The summed E-state index contributed by atoms with van der Waals surface area (Å²) in [6.07, 6.45) is 1.30. The molecule has 0 atom stereocenters. The van der Waals surface area contributed by atoms with E-state index in [2.05, 4.69) is 0 Å². The third-order valence-electron chi connectivity index (χ3n) is 2.12. The van der Waals surface area contributed by atoms with Crippen LogP contribution in [0.3, 0.4) is 0 Å². The zero-order valence-corrected chi connectivity index (χ0v) is 9.26. The van der Waals surface area contributed by atoms with E-state index in [1.807, 2.05) is 0 Å². The first kappa shape index (κ1) is 14.9. The van der Waals surface area contributed by atoms with Gasteiger partial charge in [0.1, 0.15) is 0 Å². The molecule has 0 bridgehead atoms. The lowest BCUT2D eigenvalue weighted by molar-refractivity contribution is -0.137. The van der Waals surface area contributed by atoms with Gasteiger partial charge in [0.2, 0.25) is 5.91 Å². The number of aliphatic hydroxyl groups excluding tert-OH is 2. The molecule has 1 amide bonds. The van der Waals surface area contributed by atoms with E-state index in [9.17, 15) is 9.59 Å². The van der Waals surface area contributed by atoms with Gasteiger partial charge >= 0.3 is 5.97 Å². The number of rotatable bonds is 9. The fraction of sp³-hybridized carbons (Fsp3) is 0.800. The normalized spacial score (nSPS) is 10.1. The highest BCUT2D eigenvalue weighted by Crippen LogP contribution is 2.03. The highest BCUT2D eigenvalue weighted by molar-refractivity contribution is 5.76. The van der Waals surface area contributed by atoms with Crippen molar-refractivity contribution in [3.05, 3.63) is 0 Å². The number of nitrogens with zero attached hydrogens (tertiary/aromatic N) is 1. The Kier molecular flexibility index (Phi) is 8.46. The minimum atomic E-state index is -0.866. The Balaban J connectivity index is 3.77. The summed E-state index contributed by atoms with van der Waals surface area (Å²) in [6.45, 7) is 0.137. The Morgan fingerprint density at radius 3 is 1.88 bits per heavy atom. The zero-order chi connectivity index (χ0) is 12.4. The summed E-state index contributed by atoms with van der Waals surface area (Å²) < 4.78 is 0. The molecule has 0 rings (SSSR count). The van der Waals surface area contributed by atoms with E-state index in [0.29, 0.717) is 12.8 Å². The second-order valence-corrected chi connectivity index (χ2v) is 3.43. The maximum Gasteiger partial charge on any atom is 0.303 e. The first-order chi connectivity index (χ1) is 7.61. The lowest BCUT2D eigenvalue weighted by atomic mass is 10.2. The summed E-state index contributed by atoms with van der Waals surface area (Å²) in [6, 6.07) is 0. The average Bonchev–Trinajstić information content (AvgIpc) is 2.23. The van der Waals surface area contributed by atoms with Gasteiger partial charge in [-0.15, -0.1) is 0 Å². The number of carbonyl (C=O) groups excluding carboxylic acids is 1. The van der Waals surface area contributed by atoms with Crippen molar-refractivity contribution in [1.29, 1.82) is 0 Å². The SMILES string of the molecule is O=C(O)CCCCC(=O)N(CCO)CCO. The second kappa shape index (κ2) is 9.11. The van der Waals surface area contributed by atoms with Crippen LogP contribution in [0.15, 0.2) is 0 Å². The third kappa shape index (κ3) is 7.19. The Bertz CT molecular complexity index is 213. The van der Waals surface area contributed by atoms with Crippen LogP contribution in [0, 0.1) is 0 Å². The van der Waals surface area contributed by atoms with Crippen molar-refractivity contribution < 1.29 is 24.9 Å². The van der Waals surface area contributed by atoms with Crippen molar-refractivity contribution in [3.8, 4) is 0 Å². The van der Waals surface area contributed by atoms with Gasteiger partial charge in [0.25, 0.3) is 0 Å². The molecule has 6 nitrogen and oxygen atoms in total. The van der Waals surface area contributed by atoms with Crippen molar-refractivity contribution in [3.63, 3.8) is 0 Å². The van der Waals surface area contributed by atoms with Crippen molar-refractivity contribution in [2.45, 2.75) is 25.7 Å². The van der Waals surface area contributed by atoms with Crippen LogP contribution in [0.4, 0.5) is 0 Å². The van der Waals surface area contributed by atoms with Crippen LogP contribution in [-0.2, 0) is 9.59 Å². The number of unbranched alkanes of at least 4 members (excludes halogenated alkanes) is 1. The Morgan fingerprint density at radius 2 is 1.44 bits per heavy atom. The average molecular weight is 233 g/mol. The quantitative estimate of drug-likeness (QED) is 0.464. The van der Waals surface area contributed by atoms with Crippen LogP contribution < -0.4 is 0 Å². The molecule has 0 aliphatic rings. The zero-order valence-electron chi connectivity index (χ0n) is 9.26. The van der Waals surface area contributed by atoms with Gasteiger partial charge in [-0.05, 0) is 12.8 Å². The molecule has 0 saturated carbocycles. The molecule has 6 heteroatoms. The van der Waals surface area contributed by atoms with Crippen molar-refractivity contribution in [2.24, 2.45) is 0 Å². The standard InChI is InChI=1S/C10H19NO5/c12-7-5-11(6-8-13)9(14)3-1-2-4-10(15)16/h12-13H,1-8H2,(H,15,16). The van der Waals surface area contributed by atoms with E-state index >= 15 is 0 Å². The van der Waals surface area contributed by atoms with E-state index in [-0.39, 0.29) is 45.1 Å². The van der Waals surface area contributed by atoms with Gasteiger partial charge in [-0.25, -0.2) is 0 Å². The fourth-order valence-corrected chi connectivity index (χ4v) is 1.31. The Hall–Kier alpha value is -1.14. The molecule has 0 aromatic carbocycles. The number of carboxylic acids is 1. The van der Waals surface area contributed by atoms with Crippen LogP contribution in [0.5, 0.6) is 0 Å². The molecule has 0 aliphatic carbocycles.